The summed E-state index contributed by atoms with van der Waals surface area (Å²) in [7, 11) is 1.35. The van der Waals surface area contributed by atoms with Crippen LogP contribution in [0.25, 0.3) is 0 Å². The molecule has 0 saturated carbocycles. The molecule has 0 heterocycles. The highest BCUT2D eigenvalue weighted by Crippen LogP contribution is 2.31. The summed E-state index contributed by atoms with van der Waals surface area (Å²) in [4.78, 5) is 21.5. The predicted molar refractivity (Wildman–Crippen MR) is 62.2 cm³/mol. The average Bonchev–Trinajstić information content (AvgIpc) is 2.26. The standard InChI is InChI=1S/C9H9BrN2O4/c1-16-9-6(8(13)4-10)2-5(12(14)15)3-7(9)11/h2-3H,4,11H2,1H3. The number of carbonyl (C=O) groups is 1. The van der Waals surface area contributed by atoms with Crippen molar-refractivity contribution in [3.8, 4) is 5.75 Å². The Labute approximate surface area is 99.7 Å². The molecule has 0 aliphatic rings. The van der Waals surface area contributed by atoms with Crippen LogP contribution in [0.5, 0.6) is 5.75 Å². The van der Waals surface area contributed by atoms with E-state index in [1.807, 2.05) is 0 Å². The van der Waals surface area contributed by atoms with E-state index in [0.717, 1.165) is 12.1 Å². The van der Waals surface area contributed by atoms with E-state index >= 15 is 0 Å². The second-order valence-electron chi connectivity index (χ2n) is 2.93. The number of alkyl halides is 1. The molecule has 0 fully saturated rings. The number of hydrogen-bond donors (Lipinski definition) is 1. The molecule has 0 aliphatic carbocycles. The number of nitrogens with zero attached hydrogens (tertiary/aromatic N) is 1. The van der Waals surface area contributed by atoms with Gasteiger partial charge in [0.2, 0.25) is 0 Å². The van der Waals surface area contributed by atoms with Gasteiger partial charge in [-0.25, -0.2) is 0 Å². The number of anilines is 1. The number of Topliss-reactive ketones (excluding diaryl/α,β-unsaturated/α-hetero) is 1. The number of nitro groups is 1. The normalized spacial score (nSPS) is 9.88. The van der Waals surface area contributed by atoms with Crippen LogP contribution in [0.1, 0.15) is 10.4 Å². The van der Waals surface area contributed by atoms with Crippen molar-refractivity contribution in [1.82, 2.24) is 0 Å². The molecule has 6 nitrogen and oxygen atoms in total. The third-order valence-corrected chi connectivity index (χ3v) is 2.45. The van der Waals surface area contributed by atoms with E-state index < -0.39 is 4.92 Å². The van der Waals surface area contributed by atoms with Crippen molar-refractivity contribution < 1.29 is 14.5 Å². The lowest BCUT2D eigenvalue weighted by Crippen LogP contribution is -2.06. The second-order valence-corrected chi connectivity index (χ2v) is 3.49. The van der Waals surface area contributed by atoms with Crippen LogP contribution >= 0.6 is 15.9 Å². The summed E-state index contributed by atoms with van der Waals surface area (Å²) in [6.45, 7) is 0. The largest absolute Gasteiger partial charge is 0.494 e. The number of ether oxygens (including phenoxy) is 1. The number of nitrogen functional groups attached to an aromatic ring is 1. The predicted octanol–water partition coefficient (Wildman–Crippen LogP) is 1.76. The maximum Gasteiger partial charge on any atom is 0.272 e. The van der Waals surface area contributed by atoms with E-state index in [0.29, 0.717) is 0 Å². The molecule has 1 aromatic rings. The molecular formula is C9H9BrN2O4. The molecule has 1 rings (SSSR count). The Morgan fingerprint density at radius 3 is 2.69 bits per heavy atom. The quantitative estimate of drug-likeness (QED) is 0.299. The molecule has 0 aliphatic heterocycles. The Hall–Kier alpha value is -1.63. The maximum atomic E-state index is 11.5. The SMILES string of the molecule is COc1c(N)cc([N+](=O)[O-])cc1C(=O)CBr. The Morgan fingerprint density at radius 2 is 2.25 bits per heavy atom. The number of non-ortho nitro benzene ring substituents is 1. The van der Waals surface area contributed by atoms with Crippen molar-refractivity contribution in [2.75, 3.05) is 18.2 Å². The van der Waals surface area contributed by atoms with Crippen LogP contribution in [0.4, 0.5) is 11.4 Å². The van der Waals surface area contributed by atoms with Crippen LogP contribution in [0.15, 0.2) is 12.1 Å². The summed E-state index contributed by atoms with van der Waals surface area (Å²) >= 11 is 2.99. The van der Waals surface area contributed by atoms with Crippen LogP contribution in [0.2, 0.25) is 0 Å². The van der Waals surface area contributed by atoms with Gasteiger partial charge < -0.3 is 10.5 Å². The van der Waals surface area contributed by atoms with Gasteiger partial charge in [-0.05, 0) is 0 Å². The van der Waals surface area contributed by atoms with Crippen LogP contribution in [0.3, 0.4) is 0 Å². The van der Waals surface area contributed by atoms with Crippen LogP contribution in [-0.2, 0) is 0 Å². The Kier molecular flexibility index (Phi) is 3.83. The molecule has 1 aromatic carbocycles. The molecule has 7 heteroatoms. The lowest BCUT2D eigenvalue weighted by atomic mass is 10.1. The number of nitro benzene ring substituents is 1. The topological polar surface area (TPSA) is 95.5 Å². The Balaban J connectivity index is 3.42. The van der Waals surface area contributed by atoms with Gasteiger partial charge >= 0.3 is 0 Å². The van der Waals surface area contributed by atoms with Crippen LogP contribution in [0, 0.1) is 10.1 Å². The van der Waals surface area contributed by atoms with E-state index in [1.165, 1.54) is 7.11 Å². The van der Waals surface area contributed by atoms with Gasteiger partial charge in [-0.2, -0.15) is 0 Å². The molecule has 0 saturated heterocycles. The van der Waals surface area contributed by atoms with Gasteiger partial charge in [0.05, 0.1) is 28.6 Å². The monoisotopic (exact) mass is 288 g/mol. The number of rotatable bonds is 4. The molecule has 0 spiro atoms. The van der Waals surface area contributed by atoms with Crippen molar-refractivity contribution in [2.24, 2.45) is 0 Å². The number of ketones is 1. The number of benzene rings is 1. The second kappa shape index (κ2) is 4.93. The van der Waals surface area contributed by atoms with Gasteiger partial charge in [0.15, 0.2) is 11.5 Å². The summed E-state index contributed by atoms with van der Waals surface area (Å²) < 4.78 is 4.94. The zero-order valence-electron chi connectivity index (χ0n) is 8.40. The Morgan fingerprint density at radius 1 is 1.62 bits per heavy atom. The van der Waals surface area contributed by atoms with Gasteiger partial charge in [0, 0.05) is 12.1 Å². The first-order valence-electron chi connectivity index (χ1n) is 4.22. The maximum absolute atomic E-state index is 11.5. The lowest BCUT2D eigenvalue weighted by Gasteiger charge is -2.09. The van der Waals surface area contributed by atoms with E-state index in [9.17, 15) is 14.9 Å². The van der Waals surface area contributed by atoms with Gasteiger partial charge in [-0.15, -0.1) is 0 Å². The molecule has 0 amide bonds. The average molecular weight is 289 g/mol. The minimum absolute atomic E-state index is 0.0456. The number of hydrogen-bond acceptors (Lipinski definition) is 5. The van der Waals surface area contributed by atoms with Gasteiger partial charge in [-0.3, -0.25) is 14.9 Å². The highest BCUT2D eigenvalue weighted by molar-refractivity contribution is 9.09. The molecule has 0 aromatic heterocycles. The number of methoxy groups -OCH3 is 1. The summed E-state index contributed by atoms with van der Waals surface area (Å²) in [5.41, 5.74) is 5.51. The highest BCUT2D eigenvalue weighted by atomic mass is 79.9. The summed E-state index contributed by atoms with van der Waals surface area (Å²) in [6, 6.07) is 2.31. The van der Waals surface area contributed by atoms with Crippen LogP contribution < -0.4 is 10.5 Å². The fourth-order valence-electron chi connectivity index (χ4n) is 1.25. The molecule has 0 unspecified atom stereocenters. The number of halogens is 1. The number of carbonyl (C=O) groups excluding carboxylic acids is 1. The zero-order chi connectivity index (χ0) is 12.3. The highest BCUT2D eigenvalue weighted by Gasteiger charge is 2.19. The summed E-state index contributed by atoms with van der Waals surface area (Å²) in [6.07, 6.45) is 0. The third-order valence-electron chi connectivity index (χ3n) is 1.94. The van der Waals surface area contributed by atoms with Crippen LogP contribution in [-0.4, -0.2) is 23.1 Å². The fraction of sp³-hybridized carbons (Fsp3) is 0.222. The smallest absolute Gasteiger partial charge is 0.272 e. The van der Waals surface area contributed by atoms with Crippen molar-refractivity contribution in [1.29, 1.82) is 0 Å². The molecule has 2 N–H and O–H groups in total. The lowest BCUT2D eigenvalue weighted by molar-refractivity contribution is -0.384. The van der Waals surface area contributed by atoms with Gasteiger partial charge in [0.1, 0.15) is 0 Å². The van der Waals surface area contributed by atoms with Gasteiger partial charge in [0.25, 0.3) is 5.69 Å². The zero-order valence-corrected chi connectivity index (χ0v) is 9.98. The molecule has 0 atom stereocenters. The molecule has 16 heavy (non-hydrogen) atoms. The van der Waals surface area contributed by atoms with E-state index in [-0.39, 0.29) is 33.8 Å². The minimum atomic E-state index is -0.610. The first kappa shape index (κ1) is 12.4. The number of nitrogens with two attached hydrogens (primary N) is 1. The fourth-order valence-corrected chi connectivity index (χ4v) is 1.55. The first-order chi connectivity index (χ1) is 7.51. The van der Waals surface area contributed by atoms with Gasteiger partial charge in [-0.1, -0.05) is 15.9 Å². The summed E-state index contributed by atoms with van der Waals surface area (Å²) in [5.74, 6) is -0.165. The van der Waals surface area contributed by atoms with Crippen molar-refractivity contribution in [2.45, 2.75) is 0 Å². The molecule has 0 bridgehead atoms. The van der Waals surface area contributed by atoms with Crippen molar-refractivity contribution in [3.63, 3.8) is 0 Å². The van der Waals surface area contributed by atoms with E-state index in [4.69, 9.17) is 10.5 Å². The Bertz CT molecular complexity index is 447. The first-order valence-corrected chi connectivity index (χ1v) is 5.34. The molecule has 86 valence electrons. The van der Waals surface area contributed by atoms with E-state index in [1.54, 1.807) is 0 Å². The van der Waals surface area contributed by atoms with E-state index in [2.05, 4.69) is 15.9 Å². The minimum Gasteiger partial charge on any atom is -0.494 e. The molecule has 0 radical (unpaired) electrons. The molecular weight excluding hydrogens is 280 g/mol. The van der Waals surface area contributed by atoms with Crippen molar-refractivity contribution >= 4 is 33.1 Å². The summed E-state index contributed by atoms with van der Waals surface area (Å²) in [5, 5.41) is 10.6. The third kappa shape index (κ3) is 2.30. The van der Waals surface area contributed by atoms with Crippen molar-refractivity contribution in [3.05, 3.63) is 27.8 Å².